The fourth-order valence-corrected chi connectivity index (χ4v) is 5.88. The monoisotopic (exact) mass is 656 g/mol. The Bertz CT molecular complexity index is 1780. The molecule has 0 unspecified atom stereocenters. The second-order valence-corrected chi connectivity index (χ2v) is 12.1. The Morgan fingerprint density at radius 3 is 0.880 bits per heavy atom. The molecule has 4 aromatic carbocycles. The largest absolute Gasteiger partial charge is 0.330 e. The third-order valence-electron chi connectivity index (χ3n) is 8.39. The first-order chi connectivity index (χ1) is 24.4. The summed E-state index contributed by atoms with van der Waals surface area (Å²) < 4.78 is 0. The molecule has 50 heavy (non-hydrogen) atoms. The summed E-state index contributed by atoms with van der Waals surface area (Å²) in [5, 5.41) is 0. The maximum atomic E-state index is 13.5. The van der Waals surface area contributed by atoms with E-state index in [0.29, 0.717) is 22.3 Å². The Hall–Kier alpha value is -6.40. The molecular formula is C44H36N2O4. The van der Waals surface area contributed by atoms with Gasteiger partial charge < -0.3 is 9.80 Å². The molecule has 0 aliphatic carbocycles. The van der Waals surface area contributed by atoms with Crippen molar-refractivity contribution in [1.29, 1.82) is 0 Å². The zero-order valence-corrected chi connectivity index (χ0v) is 27.5. The summed E-state index contributed by atoms with van der Waals surface area (Å²) in [6.07, 6.45) is 13.2. The minimum Gasteiger partial charge on any atom is -0.330 e. The molecule has 2 aliphatic heterocycles. The number of amides is 2. The highest BCUT2D eigenvalue weighted by Crippen LogP contribution is 2.24. The Balaban J connectivity index is 1.19. The number of piperidine rings is 2. The van der Waals surface area contributed by atoms with Crippen LogP contribution in [0.3, 0.4) is 0 Å². The number of ketones is 2. The Morgan fingerprint density at radius 2 is 0.640 bits per heavy atom. The minimum absolute atomic E-state index is 0.0855. The van der Waals surface area contributed by atoms with Crippen molar-refractivity contribution in [3.8, 4) is 0 Å². The first kappa shape index (κ1) is 33.5. The van der Waals surface area contributed by atoms with E-state index in [1.165, 1.54) is 24.3 Å². The zero-order chi connectivity index (χ0) is 34.7. The lowest BCUT2D eigenvalue weighted by Gasteiger charge is -2.29. The zero-order valence-electron chi connectivity index (χ0n) is 27.5. The van der Waals surface area contributed by atoms with Gasteiger partial charge >= 0.3 is 0 Å². The van der Waals surface area contributed by atoms with E-state index in [1.54, 1.807) is 9.80 Å². The molecule has 0 radical (unpaired) electrons. The maximum Gasteiger partial charge on any atom is 0.247 e. The van der Waals surface area contributed by atoms with Crippen molar-refractivity contribution in [2.24, 2.45) is 0 Å². The van der Waals surface area contributed by atoms with Crippen LogP contribution in [-0.4, -0.2) is 59.4 Å². The van der Waals surface area contributed by atoms with Crippen LogP contribution in [0, 0.1) is 0 Å². The maximum absolute atomic E-state index is 13.5. The number of nitrogens with zero attached hydrogens (tertiary/aromatic N) is 2. The van der Waals surface area contributed by atoms with Gasteiger partial charge in [-0.2, -0.15) is 0 Å². The number of likely N-dealkylation sites (tertiary alicyclic amines) is 2. The van der Waals surface area contributed by atoms with Crippen LogP contribution in [0.2, 0.25) is 0 Å². The highest BCUT2D eigenvalue weighted by molar-refractivity contribution is 6.16. The second-order valence-electron chi connectivity index (χ2n) is 12.1. The molecule has 6 heteroatoms. The lowest BCUT2D eigenvalue weighted by molar-refractivity contribution is -0.127. The van der Waals surface area contributed by atoms with Gasteiger partial charge in [-0.15, -0.1) is 0 Å². The number of benzene rings is 4. The molecule has 0 saturated carbocycles. The number of allylic oxidation sites excluding steroid dienone is 2. The standard InChI is InChI=1S/C44H36N2O4/c47-41(45-29-37(25-33-15-5-1-6-16-33)43(49)38(30-45)26-34-17-7-2-8-18-34)23-13-14-24-42(48)46-31-39(27-35-19-9-3-10-20-35)44(50)40(32-46)28-36-21-11-4-12-22-36/h1-28H,29-32H2/b23-13+,24-14+,37-25+,38-26+,39-27+,40-28+. The van der Waals surface area contributed by atoms with Crippen molar-refractivity contribution in [1.82, 2.24) is 9.80 Å². The van der Waals surface area contributed by atoms with E-state index in [2.05, 4.69) is 0 Å². The summed E-state index contributed by atoms with van der Waals surface area (Å²) in [7, 11) is 0. The highest BCUT2D eigenvalue weighted by atomic mass is 16.2. The Labute approximate surface area is 292 Å². The molecule has 4 aromatic rings. The molecule has 6 rings (SSSR count). The van der Waals surface area contributed by atoms with Crippen LogP contribution in [0.1, 0.15) is 22.3 Å². The summed E-state index contributed by atoms with van der Waals surface area (Å²) in [4.78, 5) is 57.0. The van der Waals surface area contributed by atoms with Gasteiger partial charge in [0.1, 0.15) is 0 Å². The topological polar surface area (TPSA) is 74.8 Å². The van der Waals surface area contributed by atoms with Crippen LogP contribution in [-0.2, 0) is 19.2 Å². The summed E-state index contributed by atoms with van der Waals surface area (Å²) in [6.45, 7) is 0.669. The van der Waals surface area contributed by atoms with Crippen LogP contribution in [0.15, 0.2) is 168 Å². The second kappa shape index (κ2) is 16.1. The summed E-state index contributed by atoms with van der Waals surface area (Å²) in [6, 6.07) is 38.2. The van der Waals surface area contributed by atoms with Crippen molar-refractivity contribution in [3.63, 3.8) is 0 Å². The number of Topliss-reactive ketones (excluding diaryl/α,β-unsaturated/α-hetero) is 2. The number of rotatable bonds is 7. The molecule has 2 saturated heterocycles. The van der Waals surface area contributed by atoms with Crippen molar-refractivity contribution in [3.05, 3.63) is 190 Å². The van der Waals surface area contributed by atoms with Gasteiger partial charge in [-0.05, 0) is 46.6 Å². The normalized spacial score (nSPS) is 18.6. The van der Waals surface area contributed by atoms with E-state index < -0.39 is 0 Å². The quantitative estimate of drug-likeness (QED) is 0.155. The van der Waals surface area contributed by atoms with E-state index >= 15 is 0 Å². The van der Waals surface area contributed by atoms with Crippen LogP contribution >= 0.6 is 0 Å². The first-order valence-electron chi connectivity index (χ1n) is 16.5. The number of carbonyl (C=O) groups is 4. The fraction of sp³-hybridized carbons (Fsp3) is 0.0909. The first-order valence-corrected chi connectivity index (χ1v) is 16.5. The van der Waals surface area contributed by atoms with Gasteiger partial charge in [0.05, 0.1) is 26.2 Å². The molecule has 0 atom stereocenters. The predicted molar refractivity (Wildman–Crippen MR) is 199 cm³/mol. The van der Waals surface area contributed by atoms with Crippen molar-refractivity contribution < 1.29 is 19.2 Å². The van der Waals surface area contributed by atoms with Crippen LogP contribution in [0.25, 0.3) is 24.3 Å². The average molecular weight is 657 g/mol. The van der Waals surface area contributed by atoms with Gasteiger partial charge in [-0.1, -0.05) is 133 Å². The van der Waals surface area contributed by atoms with Gasteiger partial charge in [0.15, 0.2) is 11.6 Å². The Kier molecular flexibility index (Phi) is 10.8. The lowest BCUT2D eigenvalue weighted by atomic mass is 9.94. The van der Waals surface area contributed by atoms with Crippen molar-refractivity contribution in [2.45, 2.75) is 0 Å². The van der Waals surface area contributed by atoms with Crippen LogP contribution < -0.4 is 0 Å². The van der Waals surface area contributed by atoms with E-state index in [1.807, 2.05) is 146 Å². The van der Waals surface area contributed by atoms with Gasteiger partial charge in [0.25, 0.3) is 0 Å². The van der Waals surface area contributed by atoms with Gasteiger partial charge in [0, 0.05) is 34.4 Å². The van der Waals surface area contributed by atoms with Gasteiger partial charge in [0.2, 0.25) is 11.8 Å². The van der Waals surface area contributed by atoms with E-state index in [4.69, 9.17) is 0 Å². The van der Waals surface area contributed by atoms with Crippen molar-refractivity contribution >= 4 is 47.7 Å². The molecule has 2 aliphatic rings. The summed E-state index contributed by atoms with van der Waals surface area (Å²) in [5.41, 5.74) is 5.61. The molecular weight excluding hydrogens is 620 g/mol. The highest BCUT2D eigenvalue weighted by Gasteiger charge is 2.29. The molecule has 2 heterocycles. The SMILES string of the molecule is O=C1/C(=C/c2ccccc2)CN(C(=O)/C=C/C=C/C(=O)N2C/C(=C\c3ccccc3)C(=O)/C(=C/c3ccccc3)C2)C/C1=C\c1ccccc1. The molecule has 0 bridgehead atoms. The smallest absolute Gasteiger partial charge is 0.247 e. The predicted octanol–water partition coefficient (Wildman–Crippen LogP) is 7.26. The van der Waals surface area contributed by atoms with Crippen molar-refractivity contribution in [2.75, 3.05) is 26.2 Å². The lowest BCUT2D eigenvalue weighted by Crippen LogP contribution is -2.41. The molecule has 2 amide bonds. The van der Waals surface area contributed by atoms with Crippen LogP contribution in [0.5, 0.6) is 0 Å². The molecule has 246 valence electrons. The molecule has 2 fully saturated rings. The Morgan fingerprint density at radius 1 is 0.400 bits per heavy atom. The number of carbonyl (C=O) groups excluding carboxylic acids is 4. The molecule has 0 N–H and O–H groups in total. The van der Waals surface area contributed by atoms with Gasteiger partial charge in [-0.25, -0.2) is 0 Å². The third-order valence-corrected chi connectivity index (χ3v) is 8.39. The van der Waals surface area contributed by atoms with E-state index in [0.717, 1.165) is 22.3 Å². The third kappa shape index (κ3) is 8.74. The minimum atomic E-state index is -0.280. The van der Waals surface area contributed by atoms with E-state index in [-0.39, 0.29) is 49.6 Å². The summed E-state index contributed by atoms with van der Waals surface area (Å²) in [5.74, 6) is -0.732. The van der Waals surface area contributed by atoms with E-state index in [9.17, 15) is 19.2 Å². The number of hydrogen-bond donors (Lipinski definition) is 0. The fourth-order valence-electron chi connectivity index (χ4n) is 5.88. The number of hydrogen-bond acceptors (Lipinski definition) is 4. The molecule has 0 aromatic heterocycles. The molecule has 6 nitrogen and oxygen atoms in total. The van der Waals surface area contributed by atoms with Gasteiger partial charge in [-0.3, -0.25) is 19.2 Å². The average Bonchev–Trinajstić information content (AvgIpc) is 3.15. The van der Waals surface area contributed by atoms with Crippen LogP contribution in [0.4, 0.5) is 0 Å². The summed E-state index contributed by atoms with van der Waals surface area (Å²) >= 11 is 0. The molecule has 0 spiro atoms.